The Labute approximate surface area is 102 Å². The van der Waals surface area contributed by atoms with E-state index in [9.17, 15) is 17.7 Å². The minimum Gasteiger partial charge on any atom is -0.448 e. The van der Waals surface area contributed by atoms with Gasteiger partial charge in [0.15, 0.2) is 0 Å². The number of ether oxygens (including phenoxy) is 1. The topological polar surface area (TPSA) is 47.4 Å². The molecule has 18 heavy (non-hydrogen) atoms. The van der Waals surface area contributed by atoms with Crippen molar-refractivity contribution in [2.75, 3.05) is 32.2 Å². The highest BCUT2D eigenvalue weighted by Gasteiger charge is 2.24. The normalized spacial score (nSPS) is 11.6. The third kappa shape index (κ3) is 4.40. The highest BCUT2D eigenvalue weighted by Crippen LogP contribution is 2.11. The Morgan fingerprint density at radius 1 is 1.50 bits per heavy atom. The van der Waals surface area contributed by atoms with Crippen molar-refractivity contribution in [3.63, 3.8) is 0 Å². The summed E-state index contributed by atoms with van der Waals surface area (Å²) >= 11 is 0. The van der Waals surface area contributed by atoms with Gasteiger partial charge in [0.2, 0.25) is 0 Å². The van der Waals surface area contributed by atoms with Crippen LogP contribution in [0.3, 0.4) is 0 Å². The summed E-state index contributed by atoms with van der Waals surface area (Å²) in [6.45, 7) is -4.11. The van der Waals surface area contributed by atoms with Gasteiger partial charge in [-0.15, -0.1) is 0 Å². The lowest BCUT2D eigenvalue weighted by Gasteiger charge is -2.19. The number of methoxy groups -OCH3 is 1. The summed E-state index contributed by atoms with van der Waals surface area (Å²) in [5.74, 6) is 0. The number of rotatable bonds is 6. The van der Waals surface area contributed by atoms with Gasteiger partial charge in [0.1, 0.15) is 0 Å². The smallest absolute Gasteiger partial charge is 0.448 e. The molecule has 0 fully saturated rings. The molecule has 1 aromatic rings. The number of halogens is 3. The van der Waals surface area contributed by atoms with E-state index in [0.717, 1.165) is 6.07 Å². The molecule has 0 aliphatic rings. The quantitative estimate of drug-likeness (QED) is 0.710. The van der Waals surface area contributed by atoms with E-state index in [2.05, 4.69) is 5.10 Å². The molecular weight excluding hydrogens is 250 g/mol. The molecule has 0 saturated carbocycles. The van der Waals surface area contributed by atoms with Gasteiger partial charge < -0.3 is 22.6 Å². The Morgan fingerprint density at radius 2 is 2.17 bits per heavy atom. The maximum absolute atomic E-state index is 12.2. The molecule has 9 heteroatoms. The van der Waals surface area contributed by atoms with Crippen molar-refractivity contribution in [1.29, 1.82) is 0 Å². The van der Waals surface area contributed by atoms with Gasteiger partial charge in [-0.25, -0.2) is 0 Å². The summed E-state index contributed by atoms with van der Waals surface area (Å²) in [6, 6.07) is 1.13. The van der Waals surface area contributed by atoms with Gasteiger partial charge in [0.05, 0.1) is 18.5 Å². The predicted molar refractivity (Wildman–Crippen MR) is 62.7 cm³/mol. The lowest BCUT2D eigenvalue weighted by molar-refractivity contribution is 0.206. The van der Waals surface area contributed by atoms with Crippen molar-refractivity contribution in [3.05, 3.63) is 22.6 Å². The van der Waals surface area contributed by atoms with Gasteiger partial charge in [0, 0.05) is 33.2 Å². The average molecular weight is 264 g/mol. The Balaban J connectivity index is 2.82. The van der Waals surface area contributed by atoms with Crippen LogP contribution in [0.15, 0.2) is 17.1 Å². The maximum atomic E-state index is 12.2. The Morgan fingerprint density at radius 3 is 2.67 bits per heavy atom. The van der Waals surface area contributed by atoms with Crippen LogP contribution >= 0.6 is 0 Å². The van der Waals surface area contributed by atoms with Gasteiger partial charge in [-0.1, -0.05) is 0 Å². The van der Waals surface area contributed by atoms with Gasteiger partial charge in [0.25, 0.3) is 5.56 Å². The van der Waals surface area contributed by atoms with E-state index < -0.39 is 19.0 Å². The molecule has 0 aliphatic carbocycles. The van der Waals surface area contributed by atoms with Crippen molar-refractivity contribution in [1.82, 2.24) is 9.78 Å². The van der Waals surface area contributed by atoms with E-state index in [4.69, 9.17) is 4.74 Å². The molecule has 1 aromatic heterocycles. The zero-order chi connectivity index (χ0) is 13.8. The van der Waals surface area contributed by atoms with Crippen LogP contribution in [0.4, 0.5) is 18.6 Å². The zero-order valence-corrected chi connectivity index (χ0v) is 10.1. The van der Waals surface area contributed by atoms with Gasteiger partial charge >= 0.3 is 6.98 Å². The van der Waals surface area contributed by atoms with Crippen molar-refractivity contribution in [2.45, 2.75) is 6.44 Å². The third-order valence-corrected chi connectivity index (χ3v) is 2.31. The van der Waals surface area contributed by atoms with E-state index in [1.165, 1.54) is 13.3 Å². The van der Waals surface area contributed by atoms with Gasteiger partial charge in [-0.05, 0) is 0 Å². The summed E-state index contributed by atoms with van der Waals surface area (Å²) < 4.78 is 41.8. The summed E-state index contributed by atoms with van der Waals surface area (Å²) in [5.41, 5.74) is -0.307. The first-order chi connectivity index (χ1) is 8.33. The van der Waals surface area contributed by atoms with Crippen molar-refractivity contribution >= 4 is 12.7 Å². The van der Waals surface area contributed by atoms with Crippen LogP contribution in [0.1, 0.15) is 0 Å². The van der Waals surface area contributed by atoms with E-state index in [0.29, 0.717) is 23.5 Å². The molecule has 0 atom stereocenters. The van der Waals surface area contributed by atoms with Crippen LogP contribution in [0.5, 0.6) is 0 Å². The van der Waals surface area contributed by atoms with E-state index in [1.54, 1.807) is 11.9 Å². The van der Waals surface area contributed by atoms with Crippen LogP contribution in [0.25, 0.3) is 0 Å². The molecule has 0 N–H and O–H groups in total. The first kappa shape index (κ1) is 14.6. The monoisotopic (exact) mass is 264 g/mol. The fourth-order valence-electron chi connectivity index (χ4n) is 1.32. The zero-order valence-electron chi connectivity index (χ0n) is 10.1. The molecule has 0 spiro atoms. The molecule has 1 heterocycles. The molecule has 0 unspecified atom stereocenters. The second kappa shape index (κ2) is 5.90. The fraction of sp³-hybridized carbons (Fsp3) is 0.556. The Bertz CT molecular complexity index is 449. The summed E-state index contributed by atoms with van der Waals surface area (Å²) in [7, 11) is 3.24. The van der Waals surface area contributed by atoms with Gasteiger partial charge in [-0.3, -0.25) is 9.48 Å². The number of aromatic nitrogens is 2. The van der Waals surface area contributed by atoms with Crippen molar-refractivity contribution < 1.29 is 17.7 Å². The molecule has 102 valence electrons. The number of anilines is 1. The molecule has 1 rings (SSSR count). The largest absolute Gasteiger partial charge is 0.499 e. The standard InChI is InChI=1S/C9H14BF3N3O2/c1-15(3-4-18-2)8-5-9(17)16(14-6-8)7-10(11,12)13/h5-6H,3-4,7H2,1-2H3/q-1. The van der Waals surface area contributed by atoms with Crippen LogP contribution < -0.4 is 10.5 Å². The lowest BCUT2D eigenvalue weighted by Crippen LogP contribution is -2.34. The number of likely N-dealkylation sites (N-methyl/N-ethyl adjacent to an activating group) is 1. The molecular formula is C9H14BF3N3O2-. The molecule has 5 nitrogen and oxygen atoms in total. The predicted octanol–water partition coefficient (Wildman–Crippen LogP) is 0.713. The molecule has 0 aromatic carbocycles. The maximum Gasteiger partial charge on any atom is 0.499 e. The summed E-state index contributed by atoms with van der Waals surface area (Å²) in [5, 5.41) is 3.51. The van der Waals surface area contributed by atoms with E-state index >= 15 is 0 Å². The minimum atomic E-state index is -5.07. The Hall–Kier alpha value is -1.51. The highest BCUT2D eigenvalue weighted by atomic mass is 19.4. The SMILES string of the molecule is COCCN(C)c1cnn(C[B-](F)(F)F)c(=O)c1. The van der Waals surface area contributed by atoms with Crippen LogP contribution in [0, 0.1) is 0 Å². The van der Waals surface area contributed by atoms with E-state index in [-0.39, 0.29) is 0 Å². The first-order valence-corrected chi connectivity index (χ1v) is 5.32. The number of hydrogen-bond acceptors (Lipinski definition) is 4. The second-order valence-corrected chi connectivity index (χ2v) is 3.86. The van der Waals surface area contributed by atoms with Crippen molar-refractivity contribution in [2.24, 2.45) is 0 Å². The molecule has 0 aliphatic heterocycles. The minimum absolute atomic E-state index is 0.410. The summed E-state index contributed by atoms with van der Waals surface area (Å²) in [4.78, 5) is 13.1. The Kier molecular flexibility index (Phi) is 4.77. The van der Waals surface area contributed by atoms with Crippen molar-refractivity contribution in [3.8, 4) is 0 Å². The highest BCUT2D eigenvalue weighted by molar-refractivity contribution is 6.57. The second-order valence-electron chi connectivity index (χ2n) is 3.86. The van der Waals surface area contributed by atoms with Crippen LogP contribution in [0.2, 0.25) is 0 Å². The third-order valence-electron chi connectivity index (χ3n) is 2.31. The number of nitrogens with zero attached hydrogens (tertiary/aromatic N) is 3. The van der Waals surface area contributed by atoms with Gasteiger partial charge in [-0.2, -0.15) is 5.10 Å². The summed E-state index contributed by atoms with van der Waals surface area (Å²) in [6.07, 6.45) is -0.0836. The van der Waals surface area contributed by atoms with E-state index in [1.807, 2.05) is 0 Å². The lowest BCUT2D eigenvalue weighted by atomic mass is 9.93. The van der Waals surface area contributed by atoms with Crippen LogP contribution in [-0.2, 0) is 11.2 Å². The molecule has 0 amide bonds. The fourth-order valence-corrected chi connectivity index (χ4v) is 1.32. The van der Waals surface area contributed by atoms with Crippen LogP contribution in [-0.4, -0.2) is 44.1 Å². The molecule has 0 radical (unpaired) electrons. The molecule has 0 bridgehead atoms. The average Bonchev–Trinajstić information content (AvgIpc) is 2.27. The molecule has 0 saturated heterocycles. The number of hydrogen-bond donors (Lipinski definition) is 0. The first-order valence-electron chi connectivity index (χ1n) is 5.32.